The second-order valence-corrected chi connectivity index (χ2v) is 11.4. The van der Waals surface area contributed by atoms with Crippen LogP contribution in [0.5, 0.6) is 0 Å². The van der Waals surface area contributed by atoms with Crippen LogP contribution >= 0.6 is 11.6 Å². The van der Waals surface area contributed by atoms with Crippen LogP contribution in [-0.2, 0) is 6.42 Å². The molecule has 1 nitrogen and oxygen atoms in total. The zero-order valence-electron chi connectivity index (χ0n) is 24.4. The van der Waals surface area contributed by atoms with Crippen LogP contribution in [0.3, 0.4) is 0 Å². The number of unbranched alkanes of at least 4 members (excludes halogenated alkanes) is 1. The predicted molar refractivity (Wildman–Crippen MR) is 172 cm³/mol. The average molecular weight is 538 g/mol. The van der Waals surface area contributed by atoms with Crippen LogP contribution in [0.4, 0.5) is 0 Å². The number of nitrogens with two attached hydrogens (primary N) is 1. The van der Waals surface area contributed by atoms with E-state index >= 15 is 0 Å². The van der Waals surface area contributed by atoms with E-state index in [1.807, 2.05) is 6.92 Å². The van der Waals surface area contributed by atoms with Crippen molar-refractivity contribution < 1.29 is 0 Å². The van der Waals surface area contributed by atoms with Crippen LogP contribution in [0.15, 0.2) is 89.7 Å². The Balaban J connectivity index is 1.54. The predicted octanol–water partition coefficient (Wildman–Crippen LogP) is 10.9. The lowest BCUT2D eigenvalue weighted by atomic mass is 9.80. The van der Waals surface area contributed by atoms with Gasteiger partial charge < -0.3 is 5.73 Å². The summed E-state index contributed by atoms with van der Waals surface area (Å²) in [6, 6.07) is 17.7. The number of aryl methyl sites for hydroxylation is 2. The van der Waals surface area contributed by atoms with Gasteiger partial charge in [0.05, 0.1) is 0 Å². The molecule has 0 aromatic heterocycles. The van der Waals surface area contributed by atoms with Crippen LogP contribution in [0.2, 0.25) is 5.02 Å². The molecular formula is C37H44ClN. The van der Waals surface area contributed by atoms with E-state index in [0.29, 0.717) is 0 Å². The maximum atomic E-state index is 6.95. The molecule has 4 rings (SSSR count). The van der Waals surface area contributed by atoms with Gasteiger partial charge in [-0.1, -0.05) is 102 Å². The van der Waals surface area contributed by atoms with E-state index in [2.05, 4.69) is 101 Å². The fourth-order valence-electron chi connectivity index (χ4n) is 6.21. The van der Waals surface area contributed by atoms with Crippen LogP contribution in [-0.4, -0.2) is 0 Å². The molecule has 0 bridgehead atoms. The quantitative estimate of drug-likeness (QED) is 0.191. The number of allylic oxidation sites excluding steroid dienone is 8. The van der Waals surface area contributed by atoms with Crippen molar-refractivity contribution >= 4 is 27.9 Å². The lowest BCUT2D eigenvalue weighted by Crippen LogP contribution is -2.09. The Bertz CT molecular complexity index is 1450. The van der Waals surface area contributed by atoms with E-state index in [0.717, 1.165) is 55.7 Å². The van der Waals surface area contributed by atoms with Crippen molar-refractivity contribution in [3.8, 4) is 0 Å². The highest BCUT2D eigenvalue weighted by atomic mass is 35.5. The Morgan fingerprint density at radius 1 is 0.974 bits per heavy atom. The second-order valence-electron chi connectivity index (χ2n) is 11.0. The molecule has 1 unspecified atom stereocenters. The number of benzene rings is 3. The van der Waals surface area contributed by atoms with Crippen LogP contribution < -0.4 is 5.73 Å². The molecule has 204 valence electrons. The molecule has 0 spiro atoms. The zero-order valence-corrected chi connectivity index (χ0v) is 25.2. The Morgan fingerprint density at radius 3 is 2.51 bits per heavy atom. The maximum absolute atomic E-state index is 6.95. The van der Waals surface area contributed by atoms with Gasteiger partial charge in [0.25, 0.3) is 0 Å². The Kier molecular flexibility index (Phi) is 9.92. The van der Waals surface area contributed by atoms with Crippen molar-refractivity contribution in [2.75, 3.05) is 0 Å². The Labute approximate surface area is 241 Å². The van der Waals surface area contributed by atoms with Gasteiger partial charge in [0.2, 0.25) is 0 Å². The van der Waals surface area contributed by atoms with Crippen molar-refractivity contribution in [1.82, 2.24) is 0 Å². The zero-order chi connectivity index (χ0) is 27.9. The maximum Gasteiger partial charge on any atom is 0.0450 e. The Hall–Kier alpha value is -3.03. The van der Waals surface area contributed by atoms with Gasteiger partial charge in [-0.25, -0.2) is 0 Å². The highest BCUT2D eigenvalue weighted by Gasteiger charge is 2.28. The van der Waals surface area contributed by atoms with E-state index in [1.54, 1.807) is 0 Å². The van der Waals surface area contributed by atoms with Crippen molar-refractivity contribution in [3.05, 3.63) is 123 Å². The first-order valence-electron chi connectivity index (χ1n) is 14.6. The van der Waals surface area contributed by atoms with Gasteiger partial charge in [0.15, 0.2) is 0 Å². The fraction of sp³-hybridized carbons (Fsp3) is 0.351. The van der Waals surface area contributed by atoms with Gasteiger partial charge in [0, 0.05) is 16.6 Å². The van der Waals surface area contributed by atoms with E-state index in [1.165, 1.54) is 55.3 Å². The van der Waals surface area contributed by atoms with Crippen molar-refractivity contribution in [1.29, 1.82) is 0 Å². The first-order valence-corrected chi connectivity index (χ1v) is 15.0. The summed E-state index contributed by atoms with van der Waals surface area (Å²) in [7, 11) is 0. The normalized spacial score (nSPS) is 16.1. The second kappa shape index (κ2) is 13.4. The molecule has 0 heterocycles. The topological polar surface area (TPSA) is 26.0 Å². The molecule has 1 atom stereocenters. The molecule has 2 N–H and O–H groups in total. The minimum absolute atomic E-state index is 0.266. The number of fused-ring (bicyclic) bond motifs is 1. The van der Waals surface area contributed by atoms with Gasteiger partial charge in [-0.2, -0.15) is 0 Å². The third kappa shape index (κ3) is 6.59. The minimum atomic E-state index is 0.266. The molecular weight excluding hydrogens is 494 g/mol. The summed E-state index contributed by atoms with van der Waals surface area (Å²) >= 11 is 6.95. The summed E-state index contributed by atoms with van der Waals surface area (Å²) < 4.78 is 0. The average Bonchev–Trinajstić information content (AvgIpc) is 3.31. The van der Waals surface area contributed by atoms with E-state index < -0.39 is 0 Å². The molecule has 2 heteroatoms. The van der Waals surface area contributed by atoms with E-state index in [4.69, 9.17) is 17.3 Å². The third-order valence-corrected chi connectivity index (χ3v) is 8.63. The summed E-state index contributed by atoms with van der Waals surface area (Å²) in [6.45, 7) is 10.8. The van der Waals surface area contributed by atoms with Crippen LogP contribution in [0.25, 0.3) is 16.3 Å². The molecule has 0 fully saturated rings. The number of rotatable bonds is 11. The molecule has 1 aliphatic rings. The number of hydrogen-bond acceptors (Lipinski definition) is 1. The molecule has 0 aliphatic heterocycles. The van der Waals surface area contributed by atoms with Crippen LogP contribution in [0.1, 0.15) is 93.0 Å². The summed E-state index contributed by atoms with van der Waals surface area (Å²) in [6.07, 6.45) is 16.5. The summed E-state index contributed by atoms with van der Waals surface area (Å²) in [4.78, 5) is 0. The number of halogens is 1. The molecule has 1 aliphatic carbocycles. The summed E-state index contributed by atoms with van der Waals surface area (Å²) in [5.74, 6) is 0.266. The van der Waals surface area contributed by atoms with E-state index in [9.17, 15) is 0 Å². The van der Waals surface area contributed by atoms with Gasteiger partial charge in [-0.3, -0.25) is 0 Å². The molecule has 3 aromatic carbocycles. The van der Waals surface area contributed by atoms with Gasteiger partial charge in [-0.15, -0.1) is 0 Å². The first-order chi connectivity index (χ1) is 18.8. The molecule has 0 radical (unpaired) electrons. The fourth-order valence-corrected chi connectivity index (χ4v) is 6.52. The lowest BCUT2D eigenvalue weighted by molar-refractivity contribution is 0.754. The minimum Gasteiger partial charge on any atom is -0.402 e. The highest BCUT2D eigenvalue weighted by Crippen LogP contribution is 2.46. The first kappa shape index (κ1) is 29.0. The summed E-state index contributed by atoms with van der Waals surface area (Å²) in [5.41, 5.74) is 18.2. The van der Waals surface area contributed by atoms with Crippen molar-refractivity contribution in [3.63, 3.8) is 0 Å². The largest absolute Gasteiger partial charge is 0.402 e. The SMILES string of the molecule is C/C=C\CCC1=CC=C(CC)C1c1c(Cl)ccc(/C(CCCCc2cccc3cc(C)ccc23)=C(\C)N)c1C. The van der Waals surface area contributed by atoms with Crippen molar-refractivity contribution in [2.45, 2.75) is 85.5 Å². The Morgan fingerprint density at radius 2 is 1.77 bits per heavy atom. The lowest BCUT2D eigenvalue weighted by Gasteiger charge is -2.25. The standard InChI is InChI=1S/C37H44ClN/c1-6-8-9-14-30-20-19-28(7-2)37(30)36-26(4)32(22-23-35(36)38)33(27(5)39)17-11-10-13-29-15-12-16-31-24-25(3)18-21-34(29)31/h6,8,12,15-16,18-24,37H,7,9-11,13-14,17,39H2,1-5H3/b8-6-,33-27+. The van der Waals surface area contributed by atoms with Crippen LogP contribution in [0, 0.1) is 13.8 Å². The molecule has 3 aromatic rings. The van der Waals surface area contributed by atoms with Gasteiger partial charge >= 0.3 is 0 Å². The summed E-state index contributed by atoms with van der Waals surface area (Å²) in [5, 5.41) is 3.57. The van der Waals surface area contributed by atoms with Gasteiger partial charge in [0.1, 0.15) is 0 Å². The molecule has 39 heavy (non-hydrogen) atoms. The monoisotopic (exact) mass is 537 g/mol. The number of hydrogen-bond donors (Lipinski definition) is 1. The molecule has 0 saturated heterocycles. The third-order valence-electron chi connectivity index (χ3n) is 8.30. The molecule has 0 amide bonds. The smallest absolute Gasteiger partial charge is 0.0450 e. The molecule has 0 saturated carbocycles. The van der Waals surface area contributed by atoms with Gasteiger partial charge in [-0.05, 0) is 117 Å². The highest BCUT2D eigenvalue weighted by molar-refractivity contribution is 6.31. The van der Waals surface area contributed by atoms with E-state index in [-0.39, 0.29) is 5.92 Å². The van der Waals surface area contributed by atoms with Crippen molar-refractivity contribution in [2.24, 2.45) is 5.73 Å².